The fourth-order valence-electron chi connectivity index (χ4n) is 0.781. The van der Waals surface area contributed by atoms with E-state index in [9.17, 15) is 8.78 Å². The van der Waals surface area contributed by atoms with Gasteiger partial charge in [-0.05, 0) is 6.07 Å². The van der Waals surface area contributed by atoms with Crippen LogP contribution in [0, 0.1) is 0 Å². The van der Waals surface area contributed by atoms with Crippen molar-refractivity contribution in [1.82, 2.24) is 4.98 Å². The largest absolute Gasteiger partial charge is 0.433 e. The van der Waals surface area contributed by atoms with Crippen LogP contribution in [-0.4, -0.2) is 16.7 Å². The second-order valence-corrected chi connectivity index (χ2v) is 2.54. The number of hydrogen-bond donors (Lipinski definition) is 1. The summed E-state index contributed by atoms with van der Waals surface area (Å²) in [6, 6.07) is 1.26. The molecule has 1 aromatic rings. The minimum absolute atomic E-state index is 0.116. The minimum Gasteiger partial charge on any atom is -0.433 e. The summed E-state index contributed by atoms with van der Waals surface area (Å²) in [6.45, 7) is -3.36. The number of rotatable bonds is 3. The molecule has 3 nitrogen and oxygen atoms in total. The van der Waals surface area contributed by atoms with Crippen molar-refractivity contribution < 1.29 is 18.6 Å². The molecule has 0 amide bonds. The Balaban J connectivity index is 2.92. The summed E-state index contributed by atoms with van der Waals surface area (Å²) in [7, 11) is 0. The summed E-state index contributed by atoms with van der Waals surface area (Å²) in [5.74, 6) is -0.165. The predicted molar refractivity (Wildman–Crippen MR) is 41.8 cm³/mol. The van der Waals surface area contributed by atoms with Gasteiger partial charge in [-0.15, -0.1) is 0 Å². The van der Waals surface area contributed by atoms with Crippen LogP contribution in [0.3, 0.4) is 0 Å². The molecular weight excluding hydrogens is 204 g/mol. The lowest BCUT2D eigenvalue weighted by molar-refractivity contribution is -0.0511. The Morgan fingerprint density at radius 3 is 2.85 bits per heavy atom. The van der Waals surface area contributed by atoms with E-state index in [1.54, 1.807) is 0 Å². The number of nitrogens with zero attached hydrogens (tertiary/aromatic N) is 1. The second kappa shape index (κ2) is 4.34. The van der Waals surface area contributed by atoms with Crippen LogP contribution in [0.4, 0.5) is 8.78 Å². The maximum absolute atomic E-state index is 11.8. The van der Waals surface area contributed by atoms with E-state index in [1.165, 1.54) is 6.07 Å². The molecule has 0 aliphatic heterocycles. The van der Waals surface area contributed by atoms with Crippen molar-refractivity contribution >= 4 is 11.6 Å². The Hall–Kier alpha value is -0.940. The van der Waals surface area contributed by atoms with Crippen LogP contribution in [-0.2, 0) is 6.61 Å². The summed E-state index contributed by atoms with van der Waals surface area (Å²) >= 11 is 5.47. The number of aliphatic hydroxyl groups is 1. The SMILES string of the molecule is OCc1cc(Cl)ncc1OC(F)F. The van der Waals surface area contributed by atoms with Crippen molar-refractivity contribution in [3.63, 3.8) is 0 Å². The van der Waals surface area contributed by atoms with Gasteiger partial charge in [0, 0.05) is 5.56 Å². The maximum atomic E-state index is 11.8. The molecule has 72 valence electrons. The summed E-state index contributed by atoms with van der Waals surface area (Å²) in [5, 5.41) is 8.86. The topological polar surface area (TPSA) is 42.4 Å². The van der Waals surface area contributed by atoms with Crippen LogP contribution in [0.1, 0.15) is 5.56 Å². The highest BCUT2D eigenvalue weighted by Gasteiger charge is 2.09. The molecule has 0 atom stereocenters. The number of aliphatic hydroxyl groups excluding tert-OH is 1. The molecule has 0 aliphatic rings. The first-order valence-electron chi connectivity index (χ1n) is 3.33. The molecule has 0 bridgehead atoms. The minimum atomic E-state index is -2.94. The lowest BCUT2D eigenvalue weighted by Crippen LogP contribution is -2.05. The predicted octanol–water partition coefficient (Wildman–Crippen LogP) is 1.83. The molecule has 0 fully saturated rings. The van der Waals surface area contributed by atoms with Gasteiger partial charge >= 0.3 is 6.61 Å². The van der Waals surface area contributed by atoms with Gasteiger partial charge < -0.3 is 9.84 Å². The van der Waals surface area contributed by atoms with E-state index in [2.05, 4.69) is 9.72 Å². The zero-order valence-corrected chi connectivity index (χ0v) is 7.13. The standard InChI is InChI=1S/C7H6ClF2NO2/c8-6-1-4(3-12)5(2-11-6)13-7(9)10/h1-2,7,12H,3H2. The molecule has 0 aliphatic carbocycles. The van der Waals surface area contributed by atoms with Gasteiger partial charge in [0.25, 0.3) is 0 Å². The summed E-state index contributed by atoms with van der Waals surface area (Å²) in [4.78, 5) is 3.54. The second-order valence-electron chi connectivity index (χ2n) is 2.15. The number of ether oxygens (including phenoxy) is 1. The number of pyridine rings is 1. The van der Waals surface area contributed by atoms with E-state index in [4.69, 9.17) is 16.7 Å². The lowest BCUT2D eigenvalue weighted by atomic mass is 10.2. The third-order valence-corrected chi connectivity index (χ3v) is 1.51. The van der Waals surface area contributed by atoms with Crippen molar-refractivity contribution in [1.29, 1.82) is 0 Å². The molecule has 0 unspecified atom stereocenters. The van der Waals surface area contributed by atoms with Gasteiger partial charge in [0.1, 0.15) is 10.9 Å². The maximum Gasteiger partial charge on any atom is 0.387 e. The summed E-state index contributed by atoms with van der Waals surface area (Å²) in [5.41, 5.74) is 0.181. The molecule has 13 heavy (non-hydrogen) atoms. The van der Waals surface area contributed by atoms with Crippen LogP contribution in [0.15, 0.2) is 12.3 Å². The first-order chi connectivity index (χ1) is 6.13. The average molecular weight is 210 g/mol. The number of hydrogen-bond acceptors (Lipinski definition) is 3. The van der Waals surface area contributed by atoms with Crippen LogP contribution < -0.4 is 4.74 Å². The van der Waals surface area contributed by atoms with Crippen molar-refractivity contribution in [2.45, 2.75) is 13.2 Å². The van der Waals surface area contributed by atoms with Gasteiger partial charge in [-0.3, -0.25) is 0 Å². The molecule has 0 saturated heterocycles. The molecule has 1 heterocycles. The van der Waals surface area contributed by atoms with Crippen molar-refractivity contribution in [2.24, 2.45) is 0 Å². The highest BCUT2D eigenvalue weighted by molar-refractivity contribution is 6.29. The van der Waals surface area contributed by atoms with E-state index < -0.39 is 13.2 Å². The molecule has 0 spiro atoms. The zero-order chi connectivity index (χ0) is 9.84. The fraction of sp³-hybridized carbons (Fsp3) is 0.286. The van der Waals surface area contributed by atoms with Crippen LogP contribution >= 0.6 is 11.6 Å². The molecule has 1 rings (SSSR count). The van der Waals surface area contributed by atoms with E-state index in [-0.39, 0.29) is 16.5 Å². The first-order valence-corrected chi connectivity index (χ1v) is 3.71. The van der Waals surface area contributed by atoms with E-state index in [1.807, 2.05) is 0 Å². The lowest BCUT2D eigenvalue weighted by Gasteiger charge is -2.07. The summed E-state index contributed by atoms with van der Waals surface area (Å²) < 4.78 is 27.6. The zero-order valence-electron chi connectivity index (χ0n) is 6.38. The quantitative estimate of drug-likeness (QED) is 0.773. The van der Waals surface area contributed by atoms with Gasteiger partial charge in [0.15, 0.2) is 0 Å². The normalized spacial score (nSPS) is 10.5. The van der Waals surface area contributed by atoms with Crippen LogP contribution in [0.25, 0.3) is 0 Å². The van der Waals surface area contributed by atoms with Crippen LogP contribution in [0.2, 0.25) is 5.15 Å². The summed E-state index contributed by atoms with van der Waals surface area (Å²) in [6.07, 6.45) is 1.04. The van der Waals surface area contributed by atoms with E-state index in [0.29, 0.717) is 0 Å². The molecule has 0 radical (unpaired) electrons. The van der Waals surface area contributed by atoms with E-state index in [0.717, 1.165) is 6.20 Å². The fourth-order valence-corrected chi connectivity index (χ4v) is 0.962. The third kappa shape index (κ3) is 2.78. The average Bonchev–Trinajstić information content (AvgIpc) is 2.07. The Bertz CT molecular complexity index is 296. The Kier molecular flexibility index (Phi) is 3.39. The van der Waals surface area contributed by atoms with Gasteiger partial charge in [-0.25, -0.2) is 4.98 Å². The Morgan fingerprint density at radius 1 is 1.62 bits per heavy atom. The number of alkyl halides is 2. The molecule has 0 aromatic carbocycles. The van der Waals surface area contributed by atoms with Gasteiger partial charge in [-0.1, -0.05) is 11.6 Å². The van der Waals surface area contributed by atoms with Gasteiger partial charge in [0.05, 0.1) is 12.8 Å². The monoisotopic (exact) mass is 209 g/mol. The molecular formula is C7H6ClF2NO2. The molecule has 1 aromatic heterocycles. The van der Waals surface area contributed by atoms with Crippen molar-refractivity contribution in [2.75, 3.05) is 0 Å². The Labute approximate surface area is 77.9 Å². The van der Waals surface area contributed by atoms with Crippen molar-refractivity contribution in [3.05, 3.63) is 23.0 Å². The molecule has 6 heteroatoms. The van der Waals surface area contributed by atoms with Crippen molar-refractivity contribution in [3.8, 4) is 5.75 Å². The van der Waals surface area contributed by atoms with Gasteiger partial charge in [0.2, 0.25) is 0 Å². The molecule has 1 N–H and O–H groups in total. The number of aromatic nitrogens is 1. The third-order valence-electron chi connectivity index (χ3n) is 1.30. The van der Waals surface area contributed by atoms with E-state index >= 15 is 0 Å². The van der Waals surface area contributed by atoms with Gasteiger partial charge in [-0.2, -0.15) is 8.78 Å². The molecule has 0 saturated carbocycles. The highest BCUT2D eigenvalue weighted by atomic mass is 35.5. The van der Waals surface area contributed by atoms with Crippen LogP contribution in [0.5, 0.6) is 5.75 Å². The number of halogens is 3. The highest BCUT2D eigenvalue weighted by Crippen LogP contribution is 2.21. The first kappa shape index (κ1) is 10.1. The Morgan fingerprint density at radius 2 is 2.31 bits per heavy atom. The smallest absolute Gasteiger partial charge is 0.387 e.